The molecule has 0 aliphatic heterocycles. The van der Waals surface area contributed by atoms with E-state index in [0.29, 0.717) is 5.56 Å². The minimum atomic E-state index is -0.237. The normalized spacial score (nSPS) is 20.1. The second kappa shape index (κ2) is 3.55. The van der Waals surface area contributed by atoms with Gasteiger partial charge in [-0.3, -0.25) is 4.79 Å². The summed E-state index contributed by atoms with van der Waals surface area (Å²) >= 11 is 0. The zero-order chi connectivity index (χ0) is 11.0. The van der Waals surface area contributed by atoms with Crippen LogP contribution in [0.2, 0.25) is 0 Å². The summed E-state index contributed by atoms with van der Waals surface area (Å²) < 4.78 is 0. The molecule has 0 spiro atoms. The van der Waals surface area contributed by atoms with Gasteiger partial charge in [-0.2, -0.15) is 0 Å². The van der Waals surface area contributed by atoms with Crippen LogP contribution in [0.25, 0.3) is 0 Å². The average Bonchev–Trinajstić information content (AvgIpc) is 2.22. The number of hydrogen-bond donors (Lipinski definition) is 3. The molecule has 0 heterocycles. The van der Waals surface area contributed by atoms with Gasteiger partial charge >= 0.3 is 0 Å². The molecule has 15 heavy (non-hydrogen) atoms. The predicted octanol–water partition coefficient (Wildman–Crippen LogP) is 0.815. The summed E-state index contributed by atoms with van der Waals surface area (Å²) in [7, 11) is 1.74. The van der Waals surface area contributed by atoms with Gasteiger partial charge in [0.1, 0.15) is 0 Å². The van der Waals surface area contributed by atoms with Crippen LogP contribution in [0, 0.1) is 0 Å². The second-order valence-corrected chi connectivity index (χ2v) is 3.74. The zero-order valence-electron chi connectivity index (χ0n) is 8.45. The fourth-order valence-corrected chi connectivity index (χ4v) is 1.95. The number of hydrogen-bond acceptors (Lipinski definition) is 4. The van der Waals surface area contributed by atoms with Crippen LogP contribution in [-0.2, 0) is 6.42 Å². The number of carbonyl (C=O) groups excluding carboxylic acids is 1. The molecule has 4 nitrogen and oxygen atoms in total. The molecule has 0 radical (unpaired) electrons. The van der Waals surface area contributed by atoms with Gasteiger partial charge in [0.25, 0.3) is 0 Å². The van der Waals surface area contributed by atoms with E-state index < -0.39 is 0 Å². The highest BCUT2D eigenvalue weighted by atomic mass is 16.3. The summed E-state index contributed by atoms with van der Waals surface area (Å²) in [6, 6.07) is 2.63. The summed E-state index contributed by atoms with van der Waals surface area (Å²) in [6.07, 6.45) is 1.47. The topological polar surface area (TPSA) is 69.6 Å². The fraction of sp³-hybridized carbons (Fsp3) is 0.364. The first-order valence-electron chi connectivity index (χ1n) is 4.90. The van der Waals surface area contributed by atoms with Gasteiger partial charge in [-0.15, -0.1) is 0 Å². The van der Waals surface area contributed by atoms with E-state index in [-0.39, 0.29) is 23.3 Å². The van der Waals surface area contributed by atoms with Crippen LogP contribution in [0.3, 0.4) is 0 Å². The number of aromatic hydroxyl groups is 2. The molecule has 80 valence electrons. The van der Waals surface area contributed by atoms with Crippen LogP contribution in [0.4, 0.5) is 0 Å². The lowest BCUT2D eigenvalue weighted by atomic mass is 9.87. The Morgan fingerprint density at radius 1 is 1.33 bits per heavy atom. The highest BCUT2D eigenvalue weighted by molar-refractivity contribution is 6.02. The fourth-order valence-electron chi connectivity index (χ4n) is 1.95. The van der Waals surface area contributed by atoms with Crippen molar-refractivity contribution in [1.29, 1.82) is 0 Å². The number of likely N-dealkylation sites (N-methyl/N-ethyl adjacent to an activating group) is 1. The molecule has 1 atom stereocenters. The summed E-state index contributed by atoms with van der Waals surface area (Å²) in [4.78, 5) is 11.9. The highest BCUT2D eigenvalue weighted by Gasteiger charge is 2.27. The number of Topliss-reactive ketones (excluding diaryl/α,β-unsaturated/α-hetero) is 1. The number of nitrogens with one attached hydrogen (secondary N) is 1. The van der Waals surface area contributed by atoms with Crippen LogP contribution < -0.4 is 5.32 Å². The molecule has 0 saturated heterocycles. The number of phenols is 2. The van der Waals surface area contributed by atoms with Gasteiger partial charge in [0.05, 0.1) is 6.04 Å². The molecule has 4 heteroatoms. The molecule has 0 saturated carbocycles. The maximum Gasteiger partial charge on any atom is 0.180 e. The van der Waals surface area contributed by atoms with Crippen molar-refractivity contribution in [3.05, 3.63) is 23.3 Å². The Kier molecular flexibility index (Phi) is 2.36. The quantitative estimate of drug-likeness (QED) is 0.596. The van der Waals surface area contributed by atoms with E-state index in [0.717, 1.165) is 18.4 Å². The Morgan fingerprint density at radius 3 is 2.67 bits per heavy atom. The molecular formula is C11H13NO3. The van der Waals surface area contributed by atoms with Crippen LogP contribution in [0.1, 0.15) is 22.3 Å². The van der Waals surface area contributed by atoms with Crippen molar-refractivity contribution in [2.24, 2.45) is 0 Å². The molecule has 3 N–H and O–H groups in total. The van der Waals surface area contributed by atoms with E-state index in [1.165, 1.54) is 12.1 Å². The number of carbonyl (C=O) groups is 1. The van der Waals surface area contributed by atoms with Gasteiger partial charge in [-0.25, -0.2) is 0 Å². The molecule has 0 fully saturated rings. The van der Waals surface area contributed by atoms with Gasteiger partial charge in [-0.1, -0.05) is 0 Å². The van der Waals surface area contributed by atoms with Gasteiger partial charge in [0.2, 0.25) is 0 Å². The maximum absolute atomic E-state index is 11.9. The first kappa shape index (κ1) is 9.98. The molecule has 2 rings (SSSR count). The SMILES string of the molecule is CN[C@@H]1CCc2cc(O)c(O)cc2C1=O. The summed E-state index contributed by atoms with van der Waals surface area (Å²) in [6.45, 7) is 0. The number of rotatable bonds is 1. The molecule has 0 amide bonds. The largest absolute Gasteiger partial charge is 0.504 e. The van der Waals surface area contributed by atoms with E-state index in [4.69, 9.17) is 0 Å². The number of fused-ring (bicyclic) bond motifs is 1. The standard InChI is InChI=1S/C11H13NO3/c1-12-8-3-2-6-4-9(13)10(14)5-7(6)11(8)15/h4-5,8,12-14H,2-3H2,1H3/t8-/m1/s1. The van der Waals surface area contributed by atoms with E-state index >= 15 is 0 Å². The summed E-state index contributed by atoms with van der Waals surface area (Å²) in [5.74, 6) is -0.419. The van der Waals surface area contributed by atoms with Crippen LogP contribution >= 0.6 is 0 Å². The molecule has 0 bridgehead atoms. The van der Waals surface area contributed by atoms with Gasteiger partial charge in [-0.05, 0) is 37.6 Å². The number of aryl methyl sites for hydroxylation is 1. The van der Waals surface area contributed by atoms with Crippen molar-refractivity contribution >= 4 is 5.78 Å². The lowest BCUT2D eigenvalue weighted by molar-refractivity contribution is 0.0932. The smallest absolute Gasteiger partial charge is 0.180 e. The Balaban J connectivity index is 2.48. The molecule has 0 aromatic heterocycles. The van der Waals surface area contributed by atoms with Crippen LogP contribution in [-0.4, -0.2) is 29.1 Å². The van der Waals surface area contributed by atoms with Crippen LogP contribution in [0.15, 0.2) is 12.1 Å². The third kappa shape index (κ3) is 1.57. The minimum absolute atomic E-state index is 0.0194. The van der Waals surface area contributed by atoms with Crippen molar-refractivity contribution in [2.75, 3.05) is 7.05 Å². The Morgan fingerprint density at radius 2 is 2.00 bits per heavy atom. The number of benzene rings is 1. The first-order chi connectivity index (χ1) is 7.13. The van der Waals surface area contributed by atoms with Crippen molar-refractivity contribution < 1.29 is 15.0 Å². The molecule has 0 unspecified atom stereocenters. The predicted molar refractivity (Wildman–Crippen MR) is 55.3 cm³/mol. The number of ketones is 1. The van der Waals surface area contributed by atoms with Crippen molar-refractivity contribution in [3.8, 4) is 11.5 Å². The van der Waals surface area contributed by atoms with E-state index in [9.17, 15) is 15.0 Å². The third-order valence-corrected chi connectivity index (χ3v) is 2.83. The van der Waals surface area contributed by atoms with Crippen molar-refractivity contribution in [3.63, 3.8) is 0 Å². The molecular weight excluding hydrogens is 194 g/mol. The Hall–Kier alpha value is -1.55. The van der Waals surface area contributed by atoms with Gasteiger partial charge in [0, 0.05) is 5.56 Å². The van der Waals surface area contributed by atoms with Gasteiger partial charge < -0.3 is 15.5 Å². The highest BCUT2D eigenvalue weighted by Crippen LogP contribution is 2.32. The second-order valence-electron chi connectivity index (χ2n) is 3.74. The first-order valence-corrected chi connectivity index (χ1v) is 4.90. The molecule has 1 aromatic carbocycles. The maximum atomic E-state index is 11.9. The molecule has 1 aromatic rings. The summed E-state index contributed by atoms with van der Waals surface area (Å²) in [5, 5.41) is 21.6. The van der Waals surface area contributed by atoms with Crippen molar-refractivity contribution in [1.82, 2.24) is 5.32 Å². The van der Waals surface area contributed by atoms with E-state index in [2.05, 4.69) is 5.32 Å². The third-order valence-electron chi connectivity index (χ3n) is 2.83. The average molecular weight is 207 g/mol. The Labute approximate surface area is 87.6 Å². The van der Waals surface area contributed by atoms with Crippen molar-refractivity contribution in [2.45, 2.75) is 18.9 Å². The zero-order valence-corrected chi connectivity index (χ0v) is 8.45. The minimum Gasteiger partial charge on any atom is -0.504 e. The molecule has 1 aliphatic carbocycles. The van der Waals surface area contributed by atoms with E-state index in [1.54, 1.807) is 7.05 Å². The van der Waals surface area contributed by atoms with Crippen LogP contribution in [0.5, 0.6) is 11.5 Å². The number of phenolic OH excluding ortho intramolecular Hbond substituents is 2. The Bertz CT molecular complexity index is 415. The monoisotopic (exact) mass is 207 g/mol. The summed E-state index contributed by atoms with van der Waals surface area (Å²) in [5.41, 5.74) is 1.32. The molecule has 1 aliphatic rings. The van der Waals surface area contributed by atoms with E-state index in [1.807, 2.05) is 0 Å². The lowest BCUT2D eigenvalue weighted by Crippen LogP contribution is -2.37. The lowest BCUT2D eigenvalue weighted by Gasteiger charge is -2.23. The van der Waals surface area contributed by atoms with Gasteiger partial charge in [0.15, 0.2) is 17.3 Å².